The maximum Gasteiger partial charge on any atom is 0.329 e. The summed E-state index contributed by atoms with van der Waals surface area (Å²) in [6, 6.07) is -1.35. The normalized spacial score (nSPS) is 12.6. The molecule has 2 atom stereocenters. The van der Waals surface area contributed by atoms with Gasteiger partial charge < -0.3 is 25.0 Å². The number of aliphatic hydroxyl groups is 1. The molecule has 0 bridgehead atoms. The number of aliphatic carboxylic acids is 1. The average molecular weight is 432 g/mol. The van der Waals surface area contributed by atoms with E-state index in [1.807, 2.05) is 0 Å². The fraction of sp³-hybridized carbons (Fsp3) is 0.810. The lowest BCUT2D eigenvalue weighted by Crippen LogP contribution is -2.43. The van der Waals surface area contributed by atoms with Crippen LogP contribution in [-0.4, -0.2) is 59.4 Å². The largest absolute Gasteiger partial charge is 0.481 e. The molecule has 0 aromatic heterocycles. The number of carboxylic acids is 1. The highest BCUT2D eigenvalue weighted by Crippen LogP contribution is 2.10. The van der Waals surface area contributed by atoms with Gasteiger partial charge in [-0.25, -0.2) is 4.79 Å². The molecule has 9 heteroatoms. The molecule has 0 radical (unpaired) electrons. The van der Waals surface area contributed by atoms with Gasteiger partial charge in [-0.2, -0.15) is 0 Å². The third kappa shape index (κ3) is 16.8. The first-order chi connectivity index (χ1) is 14.3. The number of esters is 2. The Morgan fingerprint density at radius 1 is 0.867 bits per heavy atom. The number of unbranched alkanes of at least 4 members (excludes halogenated alkanes) is 8. The fourth-order valence-electron chi connectivity index (χ4n) is 2.78. The van der Waals surface area contributed by atoms with Crippen LogP contribution in [0.3, 0.4) is 0 Å². The first-order valence-corrected chi connectivity index (χ1v) is 10.8. The van der Waals surface area contributed by atoms with Crippen molar-refractivity contribution in [3.05, 3.63) is 0 Å². The Bertz CT molecular complexity index is 507. The molecule has 0 saturated heterocycles. The van der Waals surface area contributed by atoms with E-state index in [9.17, 15) is 24.3 Å². The van der Waals surface area contributed by atoms with Gasteiger partial charge in [0.15, 0.2) is 0 Å². The summed E-state index contributed by atoms with van der Waals surface area (Å²) in [5.74, 6) is -3.26. The monoisotopic (exact) mass is 431 g/mol. The molecule has 174 valence electrons. The maximum absolute atomic E-state index is 11.8. The summed E-state index contributed by atoms with van der Waals surface area (Å²) < 4.78 is 9.76. The minimum atomic E-state index is -1.35. The van der Waals surface area contributed by atoms with E-state index in [2.05, 4.69) is 12.2 Å². The first-order valence-electron chi connectivity index (χ1n) is 10.8. The predicted molar refractivity (Wildman–Crippen MR) is 110 cm³/mol. The molecule has 1 amide bonds. The third-order valence-electron chi connectivity index (χ3n) is 4.38. The Labute approximate surface area is 178 Å². The molecule has 0 aliphatic heterocycles. The van der Waals surface area contributed by atoms with Crippen LogP contribution in [0.2, 0.25) is 0 Å². The molecule has 3 N–H and O–H groups in total. The van der Waals surface area contributed by atoms with Crippen molar-refractivity contribution in [3.8, 4) is 0 Å². The van der Waals surface area contributed by atoms with E-state index in [1.54, 1.807) is 0 Å². The average Bonchev–Trinajstić information content (AvgIpc) is 2.68. The van der Waals surface area contributed by atoms with Crippen molar-refractivity contribution in [2.75, 3.05) is 13.2 Å². The number of nitrogens with one attached hydrogen (secondary N) is 1. The molecular formula is C21H37NO8. The van der Waals surface area contributed by atoms with Gasteiger partial charge in [0.1, 0.15) is 25.4 Å². The van der Waals surface area contributed by atoms with Gasteiger partial charge >= 0.3 is 17.9 Å². The Morgan fingerprint density at radius 2 is 1.40 bits per heavy atom. The molecule has 0 fully saturated rings. The van der Waals surface area contributed by atoms with Crippen molar-refractivity contribution in [2.45, 2.75) is 96.6 Å². The zero-order valence-electron chi connectivity index (χ0n) is 18.2. The Balaban J connectivity index is 3.87. The molecule has 9 nitrogen and oxygen atoms in total. The van der Waals surface area contributed by atoms with Crippen LogP contribution in [0, 0.1) is 0 Å². The second kappa shape index (κ2) is 17.7. The molecule has 30 heavy (non-hydrogen) atoms. The van der Waals surface area contributed by atoms with Crippen molar-refractivity contribution in [1.29, 1.82) is 0 Å². The molecular weight excluding hydrogens is 394 g/mol. The summed E-state index contributed by atoms with van der Waals surface area (Å²) in [5.41, 5.74) is 0. The minimum absolute atomic E-state index is 0.269. The summed E-state index contributed by atoms with van der Waals surface area (Å²) >= 11 is 0. The maximum atomic E-state index is 11.8. The van der Waals surface area contributed by atoms with Crippen LogP contribution in [0.4, 0.5) is 0 Å². The van der Waals surface area contributed by atoms with Gasteiger partial charge in [0.2, 0.25) is 5.91 Å². The van der Waals surface area contributed by atoms with Gasteiger partial charge in [-0.05, 0) is 6.42 Å². The van der Waals surface area contributed by atoms with E-state index in [0.29, 0.717) is 0 Å². The second-order valence-corrected chi connectivity index (χ2v) is 7.40. The highest BCUT2D eigenvalue weighted by molar-refractivity contribution is 5.86. The standard InChI is InChI=1S/C21H37NO8/c1-3-4-5-6-7-8-9-10-11-12-20(27)29-14-17(24)15-30-21(28)18(13-19(25)26)22-16(2)23/h17-18,24H,3-15H2,1-2H3,(H,22,23)(H,25,26)/t17-,18-/m0/s1. The summed E-state index contributed by atoms with van der Waals surface area (Å²) in [6.45, 7) is 2.54. The highest BCUT2D eigenvalue weighted by atomic mass is 16.6. The molecule has 0 rings (SSSR count). The topological polar surface area (TPSA) is 139 Å². The summed E-state index contributed by atoms with van der Waals surface area (Å²) in [6.07, 6.45) is 8.64. The Morgan fingerprint density at radius 3 is 1.93 bits per heavy atom. The number of aliphatic hydroxyl groups excluding tert-OH is 1. The van der Waals surface area contributed by atoms with Crippen LogP contribution in [-0.2, 0) is 28.7 Å². The Hall–Kier alpha value is -2.16. The molecule has 0 unspecified atom stereocenters. The lowest BCUT2D eigenvalue weighted by molar-refractivity contribution is -0.157. The van der Waals surface area contributed by atoms with E-state index in [1.165, 1.54) is 38.5 Å². The number of hydrogen-bond acceptors (Lipinski definition) is 7. The van der Waals surface area contributed by atoms with Crippen molar-refractivity contribution < 1.29 is 38.9 Å². The number of rotatable bonds is 18. The molecule has 0 saturated carbocycles. The molecule has 0 spiro atoms. The van der Waals surface area contributed by atoms with Crippen molar-refractivity contribution in [2.24, 2.45) is 0 Å². The van der Waals surface area contributed by atoms with Gasteiger partial charge in [0.25, 0.3) is 0 Å². The first kappa shape index (κ1) is 27.8. The quantitative estimate of drug-likeness (QED) is 0.222. The number of hydrogen-bond donors (Lipinski definition) is 3. The number of ether oxygens (including phenoxy) is 2. The minimum Gasteiger partial charge on any atom is -0.481 e. The van der Waals surface area contributed by atoms with Gasteiger partial charge in [0.05, 0.1) is 6.42 Å². The van der Waals surface area contributed by atoms with Crippen LogP contribution in [0.15, 0.2) is 0 Å². The van der Waals surface area contributed by atoms with Crippen molar-refractivity contribution >= 4 is 23.8 Å². The molecule has 0 heterocycles. The SMILES string of the molecule is CCCCCCCCCCCC(=O)OC[C@H](O)COC(=O)[C@H](CC(=O)O)NC(C)=O. The molecule has 0 aromatic carbocycles. The second-order valence-electron chi connectivity index (χ2n) is 7.40. The highest BCUT2D eigenvalue weighted by Gasteiger charge is 2.25. The zero-order chi connectivity index (χ0) is 22.8. The summed E-state index contributed by atoms with van der Waals surface area (Å²) in [7, 11) is 0. The van der Waals surface area contributed by atoms with Crippen molar-refractivity contribution in [3.63, 3.8) is 0 Å². The molecule has 0 aliphatic carbocycles. The van der Waals surface area contributed by atoms with Gasteiger partial charge in [-0.1, -0.05) is 58.3 Å². The Kier molecular flexibility index (Phi) is 16.4. The van der Waals surface area contributed by atoms with E-state index in [4.69, 9.17) is 14.6 Å². The summed E-state index contributed by atoms with van der Waals surface area (Å²) in [4.78, 5) is 45.3. The molecule has 0 aromatic rings. The number of carbonyl (C=O) groups is 4. The molecule has 0 aliphatic rings. The van der Waals surface area contributed by atoms with E-state index in [-0.39, 0.29) is 13.0 Å². The van der Waals surface area contributed by atoms with Crippen LogP contribution in [0.25, 0.3) is 0 Å². The van der Waals surface area contributed by atoms with Gasteiger partial charge in [-0.3, -0.25) is 14.4 Å². The van der Waals surface area contributed by atoms with E-state index < -0.39 is 49.0 Å². The van der Waals surface area contributed by atoms with Crippen LogP contribution in [0.5, 0.6) is 0 Å². The smallest absolute Gasteiger partial charge is 0.329 e. The van der Waals surface area contributed by atoms with Gasteiger partial charge in [0, 0.05) is 13.3 Å². The number of carboxylic acid groups (broad SMARTS) is 1. The third-order valence-corrected chi connectivity index (χ3v) is 4.38. The fourth-order valence-corrected chi connectivity index (χ4v) is 2.78. The zero-order valence-corrected chi connectivity index (χ0v) is 18.2. The van der Waals surface area contributed by atoms with E-state index >= 15 is 0 Å². The lowest BCUT2D eigenvalue weighted by atomic mass is 10.1. The summed E-state index contributed by atoms with van der Waals surface area (Å²) in [5, 5.41) is 20.7. The van der Waals surface area contributed by atoms with Crippen LogP contribution in [0.1, 0.15) is 84.5 Å². The van der Waals surface area contributed by atoms with Gasteiger partial charge in [-0.15, -0.1) is 0 Å². The lowest BCUT2D eigenvalue weighted by Gasteiger charge is -2.17. The predicted octanol–water partition coefficient (Wildman–Crippen LogP) is 2.33. The van der Waals surface area contributed by atoms with Crippen LogP contribution < -0.4 is 5.32 Å². The van der Waals surface area contributed by atoms with Crippen LogP contribution >= 0.6 is 0 Å². The van der Waals surface area contributed by atoms with E-state index in [0.717, 1.165) is 26.2 Å². The van der Waals surface area contributed by atoms with Crippen molar-refractivity contribution in [1.82, 2.24) is 5.32 Å². The number of amides is 1. The number of carbonyl (C=O) groups excluding carboxylic acids is 3.